The van der Waals surface area contributed by atoms with Crippen LogP contribution in [0.4, 0.5) is 4.79 Å². The maximum absolute atomic E-state index is 11.7. The van der Waals surface area contributed by atoms with Crippen LogP contribution in [-0.2, 0) is 4.79 Å². The fraction of sp³-hybridized carbons (Fsp3) is 0.833. The topological polar surface area (TPSA) is 102 Å². The van der Waals surface area contributed by atoms with E-state index in [1.807, 2.05) is 0 Å². The number of carboxylic acids is 1. The summed E-state index contributed by atoms with van der Waals surface area (Å²) in [7, 11) is 0. The van der Waals surface area contributed by atoms with Gasteiger partial charge in [0.1, 0.15) is 6.04 Å². The summed E-state index contributed by atoms with van der Waals surface area (Å²) in [5, 5.41) is 22.8. The number of piperidine rings is 1. The molecule has 1 heterocycles. The SMILES string of the molecule is CCN1CCCC(NC(=O)NC(CCO)C(=O)O)C1. The molecule has 0 bridgehead atoms. The smallest absolute Gasteiger partial charge is 0.326 e. The molecule has 0 radical (unpaired) electrons. The lowest BCUT2D eigenvalue weighted by Crippen LogP contribution is -2.53. The molecule has 7 nitrogen and oxygen atoms in total. The van der Waals surface area contributed by atoms with Crippen molar-refractivity contribution < 1.29 is 19.8 Å². The lowest BCUT2D eigenvalue weighted by molar-refractivity contribution is -0.139. The highest BCUT2D eigenvalue weighted by Crippen LogP contribution is 2.09. The maximum Gasteiger partial charge on any atom is 0.326 e. The molecule has 1 aliphatic heterocycles. The monoisotopic (exact) mass is 273 g/mol. The van der Waals surface area contributed by atoms with Gasteiger partial charge in [0.2, 0.25) is 0 Å². The lowest BCUT2D eigenvalue weighted by Gasteiger charge is -2.32. The zero-order valence-electron chi connectivity index (χ0n) is 11.3. The van der Waals surface area contributed by atoms with Crippen molar-refractivity contribution in [2.24, 2.45) is 0 Å². The van der Waals surface area contributed by atoms with Gasteiger partial charge >= 0.3 is 12.0 Å². The Kier molecular flexibility index (Phi) is 6.58. The molecule has 4 N–H and O–H groups in total. The third-order valence-corrected chi connectivity index (χ3v) is 3.31. The van der Waals surface area contributed by atoms with Crippen molar-refractivity contribution in [1.29, 1.82) is 0 Å². The van der Waals surface area contributed by atoms with Gasteiger partial charge in [0.25, 0.3) is 0 Å². The molecule has 1 saturated heterocycles. The van der Waals surface area contributed by atoms with Gasteiger partial charge in [-0.05, 0) is 25.9 Å². The van der Waals surface area contributed by atoms with Gasteiger partial charge in [-0.15, -0.1) is 0 Å². The number of carboxylic acid groups (broad SMARTS) is 1. The first-order valence-electron chi connectivity index (χ1n) is 6.69. The number of likely N-dealkylation sites (N-methyl/N-ethyl adjacent to an activating group) is 1. The van der Waals surface area contributed by atoms with Crippen LogP contribution < -0.4 is 10.6 Å². The van der Waals surface area contributed by atoms with E-state index in [1.54, 1.807) is 0 Å². The molecule has 2 unspecified atom stereocenters. The molecule has 1 rings (SSSR count). The normalized spacial score (nSPS) is 21.7. The zero-order chi connectivity index (χ0) is 14.3. The van der Waals surface area contributed by atoms with Crippen molar-refractivity contribution in [3.8, 4) is 0 Å². The van der Waals surface area contributed by atoms with Crippen LogP contribution in [0.3, 0.4) is 0 Å². The fourth-order valence-corrected chi connectivity index (χ4v) is 2.23. The van der Waals surface area contributed by atoms with Gasteiger partial charge in [0.05, 0.1) is 0 Å². The molecule has 0 saturated carbocycles. The first kappa shape index (κ1) is 15.7. The minimum absolute atomic E-state index is 0.00844. The number of carbonyl (C=O) groups excluding carboxylic acids is 1. The molecular formula is C12H23N3O4. The number of aliphatic hydroxyl groups is 1. The van der Waals surface area contributed by atoms with Crippen LogP contribution in [0.1, 0.15) is 26.2 Å². The van der Waals surface area contributed by atoms with E-state index in [2.05, 4.69) is 22.5 Å². The van der Waals surface area contributed by atoms with Crippen molar-refractivity contribution >= 4 is 12.0 Å². The van der Waals surface area contributed by atoms with E-state index in [4.69, 9.17) is 10.2 Å². The van der Waals surface area contributed by atoms with Crippen LogP contribution in [0, 0.1) is 0 Å². The second-order valence-electron chi connectivity index (χ2n) is 4.75. The summed E-state index contributed by atoms with van der Waals surface area (Å²) in [6.07, 6.45) is 1.94. The van der Waals surface area contributed by atoms with E-state index >= 15 is 0 Å². The van der Waals surface area contributed by atoms with Crippen LogP contribution in [0.5, 0.6) is 0 Å². The summed E-state index contributed by atoms with van der Waals surface area (Å²) in [4.78, 5) is 24.8. The summed E-state index contributed by atoms with van der Waals surface area (Å²) < 4.78 is 0. The third-order valence-electron chi connectivity index (χ3n) is 3.31. The molecule has 0 aliphatic carbocycles. The molecule has 2 amide bonds. The zero-order valence-corrected chi connectivity index (χ0v) is 11.3. The molecule has 0 aromatic heterocycles. The molecule has 0 aromatic carbocycles. The van der Waals surface area contributed by atoms with E-state index in [9.17, 15) is 9.59 Å². The average Bonchev–Trinajstić information content (AvgIpc) is 2.38. The Balaban J connectivity index is 2.39. The van der Waals surface area contributed by atoms with Crippen molar-refractivity contribution in [1.82, 2.24) is 15.5 Å². The Hall–Kier alpha value is -1.34. The van der Waals surface area contributed by atoms with Crippen molar-refractivity contribution in [2.75, 3.05) is 26.2 Å². The van der Waals surface area contributed by atoms with Crippen LogP contribution >= 0.6 is 0 Å². The van der Waals surface area contributed by atoms with Gasteiger partial charge in [0, 0.05) is 25.6 Å². The minimum Gasteiger partial charge on any atom is -0.480 e. The van der Waals surface area contributed by atoms with Crippen molar-refractivity contribution in [3.05, 3.63) is 0 Å². The standard InChI is InChI=1S/C12H23N3O4/c1-2-15-6-3-4-9(8-15)13-12(19)14-10(5-7-16)11(17)18/h9-10,16H,2-8H2,1H3,(H,17,18)(H2,13,14,19). The van der Waals surface area contributed by atoms with Crippen LogP contribution in [0.15, 0.2) is 0 Å². The number of rotatable bonds is 6. The second kappa shape index (κ2) is 7.96. The van der Waals surface area contributed by atoms with Crippen molar-refractivity contribution in [2.45, 2.75) is 38.3 Å². The minimum atomic E-state index is -1.14. The molecule has 1 aliphatic rings. The molecular weight excluding hydrogens is 250 g/mol. The highest BCUT2D eigenvalue weighted by molar-refractivity contribution is 5.82. The molecule has 0 spiro atoms. The van der Waals surface area contributed by atoms with E-state index in [-0.39, 0.29) is 19.1 Å². The van der Waals surface area contributed by atoms with Crippen LogP contribution in [-0.4, -0.2) is 65.4 Å². The second-order valence-corrected chi connectivity index (χ2v) is 4.75. The third kappa shape index (κ3) is 5.44. The molecule has 19 heavy (non-hydrogen) atoms. The molecule has 110 valence electrons. The Labute approximate surface area is 113 Å². The van der Waals surface area contributed by atoms with Crippen LogP contribution in [0.2, 0.25) is 0 Å². The predicted molar refractivity (Wildman–Crippen MR) is 69.9 cm³/mol. The van der Waals surface area contributed by atoms with E-state index in [0.29, 0.717) is 0 Å². The summed E-state index contributed by atoms with van der Waals surface area (Å²) in [5.41, 5.74) is 0. The van der Waals surface area contributed by atoms with Gasteiger partial charge < -0.3 is 25.7 Å². The number of nitrogens with zero attached hydrogens (tertiary/aromatic N) is 1. The number of aliphatic hydroxyl groups excluding tert-OH is 1. The summed E-state index contributed by atoms with van der Waals surface area (Å²) in [6.45, 7) is 4.58. The predicted octanol–water partition coefficient (Wildman–Crippen LogP) is -0.394. The number of nitrogens with one attached hydrogen (secondary N) is 2. The summed E-state index contributed by atoms with van der Waals surface area (Å²) in [5.74, 6) is -1.14. The first-order chi connectivity index (χ1) is 9.06. The molecule has 0 aromatic rings. The van der Waals surface area contributed by atoms with E-state index in [0.717, 1.165) is 32.5 Å². The van der Waals surface area contributed by atoms with Gasteiger partial charge in [-0.1, -0.05) is 6.92 Å². The number of amides is 2. The number of hydrogen-bond donors (Lipinski definition) is 4. The fourth-order valence-electron chi connectivity index (χ4n) is 2.23. The first-order valence-corrected chi connectivity index (χ1v) is 6.69. The Morgan fingerprint density at radius 2 is 2.21 bits per heavy atom. The number of urea groups is 1. The Morgan fingerprint density at radius 1 is 1.47 bits per heavy atom. The van der Waals surface area contributed by atoms with Crippen molar-refractivity contribution in [3.63, 3.8) is 0 Å². The highest BCUT2D eigenvalue weighted by Gasteiger charge is 2.23. The number of likely N-dealkylation sites (tertiary alicyclic amines) is 1. The van der Waals surface area contributed by atoms with Crippen LogP contribution in [0.25, 0.3) is 0 Å². The Morgan fingerprint density at radius 3 is 2.79 bits per heavy atom. The Bertz CT molecular complexity index is 311. The largest absolute Gasteiger partial charge is 0.480 e. The van der Waals surface area contributed by atoms with Gasteiger partial charge in [0.15, 0.2) is 0 Å². The molecule has 7 heteroatoms. The maximum atomic E-state index is 11.7. The van der Waals surface area contributed by atoms with Gasteiger partial charge in [-0.25, -0.2) is 9.59 Å². The van der Waals surface area contributed by atoms with Gasteiger partial charge in [-0.2, -0.15) is 0 Å². The number of hydrogen-bond acceptors (Lipinski definition) is 4. The molecule has 2 atom stereocenters. The van der Waals surface area contributed by atoms with Gasteiger partial charge in [-0.3, -0.25) is 0 Å². The number of carbonyl (C=O) groups is 2. The lowest BCUT2D eigenvalue weighted by atomic mass is 10.1. The molecule has 1 fully saturated rings. The van der Waals surface area contributed by atoms with E-state index in [1.165, 1.54) is 0 Å². The average molecular weight is 273 g/mol. The number of aliphatic carboxylic acids is 1. The summed E-state index contributed by atoms with van der Waals surface area (Å²) in [6, 6.07) is -1.48. The summed E-state index contributed by atoms with van der Waals surface area (Å²) >= 11 is 0. The van der Waals surface area contributed by atoms with E-state index < -0.39 is 18.0 Å². The quantitative estimate of drug-likeness (QED) is 0.528. The highest BCUT2D eigenvalue weighted by atomic mass is 16.4.